The summed E-state index contributed by atoms with van der Waals surface area (Å²) in [5.74, 6) is 1.65. The van der Waals surface area contributed by atoms with Crippen molar-refractivity contribution in [1.82, 2.24) is 15.5 Å². The lowest BCUT2D eigenvalue weighted by Crippen LogP contribution is -2.36. The summed E-state index contributed by atoms with van der Waals surface area (Å²) in [6.07, 6.45) is 5.90. The molecule has 0 aliphatic heterocycles. The Kier molecular flexibility index (Phi) is 4.53. The van der Waals surface area contributed by atoms with Crippen LogP contribution in [-0.4, -0.2) is 33.8 Å². The largest absolute Gasteiger partial charge is 0.393 e. The Morgan fingerprint density at radius 3 is 2.88 bits per heavy atom. The molecule has 2 unspecified atom stereocenters. The quantitative estimate of drug-likeness (QED) is 0.873. The van der Waals surface area contributed by atoms with Gasteiger partial charge in [-0.2, -0.15) is 4.98 Å². The summed E-state index contributed by atoms with van der Waals surface area (Å²) in [7, 11) is 0. The van der Waals surface area contributed by atoms with Crippen LogP contribution in [0.1, 0.15) is 60.7 Å². The predicted molar refractivity (Wildman–Crippen MR) is 92.0 cm³/mol. The van der Waals surface area contributed by atoms with Crippen molar-refractivity contribution >= 4 is 5.91 Å². The van der Waals surface area contributed by atoms with E-state index in [2.05, 4.69) is 15.5 Å². The summed E-state index contributed by atoms with van der Waals surface area (Å²) in [5, 5.41) is 17.0. The standard InChI is InChI=1S/C19H23N3O3/c23-16-7-2-1-4-15(16)11-20-18(24)14-6-3-5-13(10-14)17-21-19(25-22-17)12-8-9-12/h3,5-6,10,12,15-16,23H,1-2,4,7-9,11H2,(H,20,24). The van der Waals surface area contributed by atoms with Gasteiger partial charge in [0.1, 0.15) is 0 Å². The van der Waals surface area contributed by atoms with E-state index in [9.17, 15) is 9.90 Å². The number of aromatic nitrogens is 2. The molecule has 2 aromatic rings. The number of carbonyl (C=O) groups is 1. The Morgan fingerprint density at radius 2 is 2.08 bits per heavy atom. The van der Waals surface area contributed by atoms with Crippen LogP contribution in [0.4, 0.5) is 0 Å². The van der Waals surface area contributed by atoms with Crippen molar-refractivity contribution in [3.63, 3.8) is 0 Å². The van der Waals surface area contributed by atoms with E-state index in [1.165, 1.54) is 0 Å². The molecule has 25 heavy (non-hydrogen) atoms. The van der Waals surface area contributed by atoms with Crippen LogP contribution in [0.2, 0.25) is 0 Å². The molecule has 2 fully saturated rings. The van der Waals surface area contributed by atoms with Crippen LogP contribution in [0.3, 0.4) is 0 Å². The normalized spacial score (nSPS) is 23.4. The van der Waals surface area contributed by atoms with Crippen molar-refractivity contribution in [2.24, 2.45) is 5.92 Å². The Hall–Kier alpha value is -2.21. The van der Waals surface area contributed by atoms with Gasteiger partial charge in [-0.25, -0.2) is 0 Å². The summed E-state index contributed by atoms with van der Waals surface area (Å²) >= 11 is 0. The van der Waals surface area contributed by atoms with Crippen molar-refractivity contribution in [3.05, 3.63) is 35.7 Å². The number of hydrogen-bond donors (Lipinski definition) is 2. The molecule has 1 amide bonds. The van der Waals surface area contributed by atoms with Gasteiger partial charge in [-0.1, -0.05) is 30.1 Å². The summed E-state index contributed by atoms with van der Waals surface area (Å²) in [6, 6.07) is 7.27. The number of benzene rings is 1. The van der Waals surface area contributed by atoms with Crippen molar-refractivity contribution in [3.8, 4) is 11.4 Å². The van der Waals surface area contributed by atoms with Gasteiger partial charge in [0, 0.05) is 29.5 Å². The number of aliphatic hydroxyl groups is 1. The maximum absolute atomic E-state index is 12.4. The maximum Gasteiger partial charge on any atom is 0.251 e. The third kappa shape index (κ3) is 3.74. The van der Waals surface area contributed by atoms with Gasteiger partial charge in [0.05, 0.1) is 6.10 Å². The van der Waals surface area contributed by atoms with E-state index in [1.54, 1.807) is 12.1 Å². The summed E-state index contributed by atoms with van der Waals surface area (Å²) in [4.78, 5) is 16.9. The molecule has 1 heterocycles. The molecule has 2 atom stereocenters. The first-order chi connectivity index (χ1) is 12.2. The first-order valence-corrected chi connectivity index (χ1v) is 9.11. The highest BCUT2D eigenvalue weighted by atomic mass is 16.5. The average Bonchev–Trinajstić information content (AvgIpc) is 3.38. The van der Waals surface area contributed by atoms with Crippen molar-refractivity contribution in [2.75, 3.05) is 6.54 Å². The molecular weight excluding hydrogens is 318 g/mol. The highest BCUT2D eigenvalue weighted by molar-refractivity contribution is 5.95. The number of aliphatic hydroxyl groups excluding tert-OH is 1. The number of rotatable bonds is 5. The fourth-order valence-corrected chi connectivity index (χ4v) is 3.40. The van der Waals surface area contributed by atoms with E-state index in [1.807, 2.05) is 12.1 Å². The average molecular weight is 341 g/mol. The third-order valence-corrected chi connectivity index (χ3v) is 5.15. The van der Waals surface area contributed by atoms with Gasteiger partial charge >= 0.3 is 0 Å². The molecule has 2 aliphatic carbocycles. The lowest BCUT2D eigenvalue weighted by molar-refractivity contribution is 0.0663. The molecular formula is C19H23N3O3. The molecule has 6 nitrogen and oxygen atoms in total. The number of amides is 1. The van der Waals surface area contributed by atoms with E-state index >= 15 is 0 Å². The SMILES string of the molecule is O=C(NCC1CCCCC1O)c1cccc(-c2noc(C3CC3)n2)c1. The lowest BCUT2D eigenvalue weighted by Gasteiger charge is -2.27. The van der Waals surface area contributed by atoms with Crippen LogP contribution in [0, 0.1) is 5.92 Å². The zero-order chi connectivity index (χ0) is 17.2. The number of nitrogens with zero attached hydrogens (tertiary/aromatic N) is 2. The van der Waals surface area contributed by atoms with Crippen molar-refractivity contribution in [2.45, 2.75) is 50.5 Å². The van der Waals surface area contributed by atoms with Crippen LogP contribution < -0.4 is 5.32 Å². The zero-order valence-corrected chi connectivity index (χ0v) is 14.1. The van der Waals surface area contributed by atoms with Crippen LogP contribution in [0.5, 0.6) is 0 Å². The minimum Gasteiger partial charge on any atom is -0.393 e. The van der Waals surface area contributed by atoms with Crippen LogP contribution in [0.25, 0.3) is 11.4 Å². The van der Waals surface area contributed by atoms with E-state index in [4.69, 9.17) is 4.52 Å². The van der Waals surface area contributed by atoms with Gasteiger partial charge in [0.2, 0.25) is 11.7 Å². The molecule has 0 bridgehead atoms. The summed E-state index contributed by atoms with van der Waals surface area (Å²) in [6.45, 7) is 0.512. The molecule has 6 heteroatoms. The van der Waals surface area contributed by atoms with Gasteiger partial charge in [-0.3, -0.25) is 4.79 Å². The van der Waals surface area contributed by atoms with Gasteiger partial charge in [-0.15, -0.1) is 0 Å². The highest BCUT2D eigenvalue weighted by Crippen LogP contribution is 2.39. The molecule has 4 rings (SSSR count). The topological polar surface area (TPSA) is 88.2 Å². The second-order valence-electron chi connectivity index (χ2n) is 7.13. The highest BCUT2D eigenvalue weighted by Gasteiger charge is 2.30. The molecule has 1 aromatic carbocycles. The summed E-state index contributed by atoms with van der Waals surface area (Å²) < 4.78 is 5.29. The van der Waals surface area contributed by atoms with Crippen molar-refractivity contribution in [1.29, 1.82) is 0 Å². The molecule has 0 saturated heterocycles. The second-order valence-corrected chi connectivity index (χ2v) is 7.13. The Balaban J connectivity index is 1.42. The molecule has 2 N–H and O–H groups in total. The zero-order valence-electron chi connectivity index (χ0n) is 14.1. The van der Waals surface area contributed by atoms with Gasteiger partial charge in [-0.05, 0) is 37.8 Å². The van der Waals surface area contributed by atoms with Crippen LogP contribution >= 0.6 is 0 Å². The fraction of sp³-hybridized carbons (Fsp3) is 0.526. The predicted octanol–water partition coefficient (Wildman–Crippen LogP) is 2.89. The molecule has 132 valence electrons. The number of nitrogens with one attached hydrogen (secondary N) is 1. The van der Waals surface area contributed by atoms with Gasteiger partial charge < -0.3 is 14.9 Å². The molecule has 0 spiro atoms. The fourth-order valence-electron chi connectivity index (χ4n) is 3.40. The third-order valence-electron chi connectivity index (χ3n) is 5.15. The van der Waals surface area contributed by atoms with Crippen LogP contribution in [0.15, 0.2) is 28.8 Å². The molecule has 2 aliphatic rings. The minimum atomic E-state index is -0.305. The van der Waals surface area contributed by atoms with E-state index in [-0.39, 0.29) is 17.9 Å². The van der Waals surface area contributed by atoms with E-state index < -0.39 is 0 Å². The van der Waals surface area contributed by atoms with Crippen molar-refractivity contribution < 1.29 is 14.4 Å². The Morgan fingerprint density at radius 1 is 1.24 bits per heavy atom. The smallest absolute Gasteiger partial charge is 0.251 e. The molecule has 0 radical (unpaired) electrons. The first kappa shape index (κ1) is 16.3. The van der Waals surface area contributed by atoms with Crippen LogP contribution in [-0.2, 0) is 0 Å². The summed E-state index contributed by atoms with van der Waals surface area (Å²) in [5.41, 5.74) is 1.35. The lowest BCUT2D eigenvalue weighted by atomic mass is 9.86. The Labute approximate surface area is 146 Å². The van der Waals surface area contributed by atoms with Gasteiger partial charge in [0.25, 0.3) is 5.91 Å². The molecule has 1 aromatic heterocycles. The second kappa shape index (κ2) is 6.96. The van der Waals surface area contributed by atoms with E-state index in [0.29, 0.717) is 29.7 Å². The molecule has 2 saturated carbocycles. The van der Waals surface area contributed by atoms with Gasteiger partial charge in [0.15, 0.2) is 0 Å². The number of hydrogen-bond acceptors (Lipinski definition) is 5. The first-order valence-electron chi connectivity index (χ1n) is 9.11. The monoisotopic (exact) mass is 341 g/mol. The number of carbonyl (C=O) groups excluding carboxylic acids is 1. The maximum atomic E-state index is 12.4. The Bertz CT molecular complexity index is 754. The minimum absolute atomic E-state index is 0.134. The van der Waals surface area contributed by atoms with E-state index in [0.717, 1.165) is 44.1 Å².